The van der Waals surface area contributed by atoms with Crippen LogP contribution in [0.2, 0.25) is 0 Å². The SMILES string of the molecule is CNC(c1cc(C)cc(F)c1)C1(N(C)C)CCCC1. The van der Waals surface area contributed by atoms with Crippen LogP contribution < -0.4 is 5.32 Å². The maximum atomic E-state index is 13.7. The fraction of sp³-hybridized carbons (Fsp3) is 0.625. The first kappa shape index (κ1) is 14.5. The monoisotopic (exact) mass is 264 g/mol. The first-order valence-electron chi connectivity index (χ1n) is 7.11. The second-order valence-corrected chi connectivity index (χ2v) is 5.99. The highest BCUT2D eigenvalue weighted by Gasteiger charge is 2.43. The fourth-order valence-electron chi connectivity index (χ4n) is 3.66. The zero-order valence-corrected chi connectivity index (χ0v) is 12.5. The number of rotatable bonds is 4. The summed E-state index contributed by atoms with van der Waals surface area (Å²) in [5.74, 6) is -0.137. The Bertz CT molecular complexity index is 416. The Labute approximate surface area is 116 Å². The van der Waals surface area contributed by atoms with E-state index >= 15 is 0 Å². The minimum absolute atomic E-state index is 0.106. The van der Waals surface area contributed by atoms with Gasteiger partial charge in [-0.3, -0.25) is 0 Å². The van der Waals surface area contributed by atoms with E-state index in [9.17, 15) is 4.39 Å². The molecule has 0 aliphatic heterocycles. The van der Waals surface area contributed by atoms with Crippen LogP contribution in [0.3, 0.4) is 0 Å². The lowest BCUT2D eigenvalue weighted by molar-refractivity contribution is 0.108. The van der Waals surface area contributed by atoms with Crippen molar-refractivity contribution in [2.75, 3.05) is 21.1 Å². The first-order valence-corrected chi connectivity index (χ1v) is 7.11. The van der Waals surface area contributed by atoms with Crippen LogP contribution in [-0.2, 0) is 0 Å². The standard InChI is InChI=1S/C16H25FN2/c1-12-9-13(11-14(17)10-12)15(18-2)16(19(3)4)7-5-6-8-16/h9-11,15,18H,5-8H2,1-4H3. The summed E-state index contributed by atoms with van der Waals surface area (Å²) in [6, 6.07) is 5.55. The number of likely N-dealkylation sites (N-methyl/N-ethyl adjacent to an activating group) is 2. The van der Waals surface area contributed by atoms with Gasteiger partial charge < -0.3 is 10.2 Å². The second-order valence-electron chi connectivity index (χ2n) is 5.99. The van der Waals surface area contributed by atoms with Crippen molar-refractivity contribution in [3.63, 3.8) is 0 Å². The summed E-state index contributed by atoms with van der Waals surface area (Å²) in [5.41, 5.74) is 2.16. The lowest BCUT2D eigenvalue weighted by atomic mass is 9.82. The number of hydrogen-bond donors (Lipinski definition) is 1. The average molecular weight is 264 g/mol. The van der Waals surface area contributed by atoms with E-state index in [1.165, 1.54) is 25.7 Å². The van der Waals surface area contributed by atoms with Gasteiger partial charge in [-0.15, -0.1) is 0 Å². The molecule has 0 heterocycles. The predicted molar refractivity (Wildman–Crippen MR) is 77.8 cm³/mol. The van der Waals surface area contributed by atoms with Crippen LogP contribution in [0, 0.1) is 12.7 Å². The van der Waals surface area contributed by atoms with Crippen LogP contribution in [0.15, 0.2) is 18.2 Å². The van der Waals surface area contributed by atoms with Gasteiger partial charge in [0.2, 0.25) is 0 Å². The highest BCUT2D eigenvalue weighted by atomic mass is 19.1. The number of hydrogen-bond acceptors (Lipinski definition) is 2. The number of nitrogens with one attached hydrogen (secondary N) is 1. The highest BCUT2D eigenvalue weighted by Crippen LogP contribution is 2.43. The Hall–Kier alpha value is -0.930. The van der Waals surface area contributed by atoms with E-state index in [-0.39, 0.29) is 17.4 Å². The van der Waals surface area contributed by atoms with Gasteiger partial charge >= 0.3 is 0 Å². The number of benzene rings is 1. The van der Waals surface area contributed by atoms with Gasteiger partial charge in [0.05, 0.1) is 6.04 Å². The molecule has 1 aromatic carbocycles. The van der Waals surface area contributed by atoms with Gasteiger partial charge in [0, 0.05) is 5.54 Å². The molecule has 1 aromatic rings. The molecule has 2 nitrogen and oxygen atoms in total. The van der Waals surface area contributed by atoms with Crippen molar-refractivity contribution in [1.29, 1.82) is 0 Å². The van der Waals surface area contributed by atoms with Crippen LogP contribution >= 0.6 is 0 Å². The van der Waals surface area contributed by atoms with E-state index < -0.39 is 0 Å². The number of nitrogens with zero attached hydrogens (tertiary/aromatic N) is 1. The molecule has 1 atom stereocenters. The Kier molecular flexibility index (Phi) is 4.26. The molecule has 1 saturated carbocycles. The van der Waals surface area contributed by atoms with E-state index in [1.807, 2.05) is 14.0 Å². The summed E-state index contributed by atoms with van der Waals surface area (Å²) < 4.78 is 13.7. The van der Waals surface area contributed by atoms with Crippen LogP contribution in [0.1, 0.15) is 42.9 Å². The fourth-order valence-corrected chi connectivity index (χ4v) is 3.66. The summed E-state index contributed by atoms with van der Waals surface area (Å²) >= 11 is 0. The largest absolute Gasteiger partial charge is 0.311 e. The molecular formula is C16H25FN2. The average Bonchev–Trinajstić information content (AvgIpc) is 2.79. The quantitative estimate of drug-likeness (QED) is 0.898. The summed E-state index contributed by atoms with van der Waals surface area (Å²) in [4.78, 5) is 2.32. The number of halogens is 1. The van der Waals surface area contributed by atoms with Gasteiger partial charge in [-0.1, -0.05) is 18.9 Å². The topological polar surface area (TPSA) is 15.3 Å². The lowest BCUT2D eigenvalue weighted by Crippen LogP contribution is -2.51. The molecule has 19 heavy (non-hydrogen) atoms. The molecule has 1 aliphatic carbocycles. The predicted octanol–water partition coefficient (Wildman–Crippen LogP) is 3.27. The molecule has 0 bridgehead atoms. The van der Waals surface area contributed by atoms with Crippen molar-refractivity contribution in [2.24, 2.45) is 0 Å². The minimum Gasteiger partial charge on any atom is -0.311 e. The Morgan fingerprint density at radius 2 is 1.84 bits per heavy atom. The molecule has 106 valence electrons. The smallest absolute Gasteiger partial charge is 0.123 e. The van der Waals surface area contributed by atoms with Crippen LogP contribution in [-0.4, -0.2) is 31.6 Å². The van der Waals surface area contributed by atoms with Gasteiger partial charge in [-0.05, 0) is 64.2 Å². The Morgan fingerprint density at radius 1 is 1.21 bits per heavy atom. The summed E-state index contributed by atoms with van der Waals surface area (Å²) in [6.45, 7) is 1.95. The van der Waals surface area contributed by atoms with Crippen LogP contribution in [0.25, 0.3) is 0 Å². The van der Waals surface area contributed by atoms with E-state index in [2.05, 4.69) is 30.4 Å². The second kappa shape index (κ2) is 5.59. The molecule has 3 heteroatoms. The van der Waals surface area contributed by atoms with Gasteiger partial charge in [-0.25, -0.2) is 4.39 Å². The van der Waals surface area contributed by atoms with Gasteiger partial charge in [0.1, 0.15) is 5.82 Å². The molecule has 1 N–H and O–H groups in total. The van der Waals surface area contributed by atoms with Crippen LogP contribution in [0.4, 0.5) is 4.39 Å². The molecule has 0 saturated heterocycles. The van der Waals surface area contributed by atoms with Gasteiger partial charge in [0.15, 0.2) is 0 Å². The maximum Gasteiger partial charge on any atom is 0.123 e. The normalized spacial score (nSPS) is 19.9. The summed E-state index contributed by atoms with van der Waals surface area (Å²) in [5, 5.41) is 3.43. The lowest BCUT2D eigenvalue weighted by Gasteiger charge is -2.43. The Morgan fingerprint density at radius 3 is 2.32 bits per heavy atom. The summed E-state index contributed by atoms with van der Waals surface area (Å²) in [6.07, 6.45) is 4.84. The number of aryl methyl sites for hydroxylation is 1. The third-order valence-electron chi connectivity index (χ3n) is 4.58. The zero-order valence-electron chi connectivity index (χ0n) is 12.5. The third-order valence-corrected chi connectivity index (χ3v) is 4.58. The van der Waals surface area contributed by atoms with Crippen molar-refractivity contribution in [3.05, 3.63) is 35.1 Å². The van der Waals surface area contributed by atoms with Crippen molar-refractivity contribution in [3.8, 4) is 0 Å². The molecular weight excluding hydrogens is 239 g/mol. The van der Waals surface area contributed by atoms with E-state index in [0.717, 1.165) is 11.1 Å². The molecule has 0 radical (unpaired) electrons. The molecule has 1 aliphatic rings. The Balaban J connectivity index is 2.42. The third kappa shape index (κ3) is 2.67. The van der Waals surface area contributed by atoms with Gasteiger partial charge in [-0.2, -0.15) is 0 Å². The highest BCUT2D eigenvalue weighted by molar-refractivity contribution is 5.29. The zero-order chi connectivity index (χ0) is 14.0. The van der Waals surface area contributed by atoms with Gasteiger partial charge in [0.25, 0.3) is 0 Å². The van der Waals surface area contributed by atoms with E-state index in [0.29, 0.717) is 0 Å². The molecule has 0 spiro atoms. The minimum atomic E-state index is -0.137. The van der Waals surface area contributed by atoms with Crippen LogP contribution in [0.5, 0.6) is 0 Å². The van der Waals surface area contributed by atoms with Crippen molar-refractivity contribution in [2.45, 2.75) is 44.2 Å². The molecule has 2 rings (SSSR count). The van der Waals surface area contributed by atoms with Crippen molar-refractivity contribution >= 4 is 0 Å². The van der Waals surface area contributed by atoms with E-state index in [1.54, 1.807) is 12.1 Å². The molecule has 1 unspecified atom stereocenters. The molecule has 0 amide bonds. The summed E-state index contributed by atoms with van der Waals surface area (Å²) in [7, 11) is 6.26. The van der Waals surface area contributed by atoms with E-state index in [4.69, 9.17) is 0 Å². The molecule has 0 aromatic heterocycles. The van der Waals surface area contributed by atoms with Crippen molar-refractivity contribution in [1.82, 2.24) is 10.2 Å². The molecule has 1 fully saturated rings. The first-order chi connectivity index (χ1) is 8.99. The maximum absolute atomic E-state index is 13.7. The van der Waals surface area contributed by atoms with Crippen molar-refractivity contribution < 1.29 is 4.39 Å².